The minimum Gasteiger partial charge on any atom is -0.384 e. The van der Waals surface area contributed by atoms with Crippen LogP contribution >= 0.6 is 11.3 Å². The van der Waals surface area contributed by atoms with Gasteiger partial charge in [0.05, 0.1) is 17.7 Å². The molecule has 5 heteroatoms. The van der Waals surface area contributed by atoms with Crippen LogP contribution in [0.2, 0.25) is 0 Å². The molecule has 0 aliphatic carbocycles. The molecule has 1 aromatic heterocycles. The lowest BCUT2D eigenvalue weighted by molar-refractivity contribution is 0.894. The number of nitrogens with one attached hydrogen (secondary N) is 1. The molecular weight excluding hydrogens is 244 g/mol. The van der Waals surface area contributed by atoms with Crippen LogP contribution in [0.5, 0.6) is 0 Å². The molecule has 0 unspecified atom stereocenters. The van der Waals surface area contributed by atoms with Crippen molar-refractivity contribution in [3.8, 4) is 0 Å². The molecule has 0 saturated carbocycles. The third-order valence-electron chi connectivity index (χ3n) is 2.82. The maximum absolute atomic E-state index is 7.47. The van der Waals surface area contributed by atoms with Crippen molar-refractivity contribution in [1.29, 1.82) is 5.41 Å². The normalized spacial score (nSPS) is 10.3. The SMILES string of the molecule is Cc1cc(N(C)Cc2cscn2)ccc1C(=N)N. The summed E-state index contributed by atoms with van der Waals surface area (Å²) in [6.45, 7) is 2.75. The van der Waals surface area contributed by atoms with Crippen LogP contribution in [-0.4, -0.2) is 17.9 Å². The number of nitrogens with two attached hydrogens (primary N) is 1. The number of hydrogen-bond donors (Lipinski definition) is 2. The zero-order chi connectivity index (χ0) is 13.1. The number of nitrogens with zero attached hydrogens (tertiary/aromatic N) is 2. The third-order valence-corrected chi connectivity index (χ3v) is 3.46. The Morgan fingerprint density at radius 3 is 2.83 bits per heavy atom. The van der Waals surface area contributed by atoms with Gasteiger partial charge in [-0.15, -0.1) is 11.3 Å². The van der Waals surface area contributed by atoms with Crippen molar-refractivity contribution in [2.45, 2.75) is 13.5 Å². The van der Waals surface area contributed by atoms with E-state index in [0.717, 1.165) is 29.1 Å². The van der Waals surface area contributed by atoms with Crippen molar-refractivity contribution >= 4 is 22.9 Å². The van der Waals surface area contributed by atoms with Crippen molar-refractivity contribution in [1.82, 2.24) is 4.98 Å². The Bertz CT molecular complexity index is 548. The van der Waals surface area contributed by atoms with Gasteiger partial charge >= 0.3 is 0 Å². The van der Waals surface area contributed by atoms with Crippen LogP contribution in [0.1, 0.15) is 16.8 Å². The molecule has 0 saturated heterocycles. The molecule has 0 bridgehead atoms. The van der Waals surface area contributed by atoms with E-state index in [0.29, 0.717) is 0 Å². The van der Waals surface area contributed by atoms with Crippen molar-refractivity contribution in [3.63, 3.8) is 0 Å². The first-order valence-electron chi connectivity index (χ1n) is 5.61. The maximum atomic E-state index is 7.47. The molecule has 0 amide bonds. The molecule has 2 rings (SSSR count). The number of rotatable bonds is 4. The van der Waals surface area contributed by atoms with Gasteiger partial charge in [0, 0.05) is 23.7 Å². The number of amidine groups is 1. The first-order chi connectivity index (χ1) is 8.58. The zero-order valence-corrected chi connectivity index (χ0v) is 11.3. The van der Waals surface area contributed by atoms with Gasteiger partial charge in [0.1, 0.15) is 5.84 Å². The second kappa shape index (κ2) is 5.18. The lowest BCUT2D eigenvalue weighted by Crippen LogP contribution is -2.18. The topological polar surface area (TPSA) is 66.0 Å². The highest BCUT2D eigenvalue weighted by molar-refractivity contribution is 7.07. The molecule has 0 spiro atoms. The van der Waals surface area contributed by atoms with Gasteiger partial charge in [0.2, 0.25) is 0 Å². The molecule has 3 N–H and O–H groups in total. The molecule has 1 aromatic carbocycles. The summed E-state index contributed by atoms with van der Waals surface area (Å²) in [5, 5.41) is 9.52. The zero-order valence-electron chi connectivity index (χ0n) is 10.5. The fraction of sp³-hybridized carbons (Fsp3) is 0.231. The van der Waals surface area contributed by atoms with E-state index in [1.165, 1.54) is 0 Å². The van der Waals surface area contributed by atoms with E-state index in [1.807, 2.05) is 43.1 Å². The third kappa shape index (κ3) is 2.68. The molecule has 2 aromatic rings. The van der Waals surface area contributed by atoms with Crippen molar-refractivity contribution in [2.24, 2.45) is 5.73 Å². The van der Waals surface area contributed by atoms with Crippen LogP contribution in [0.15, 0.2) is 29.1 Å². The number of anilines is 1. The second-order valence-corrected chi connectivity index (χ2v) is 4.97. The predicted molar refractivity (Wildman–Crippen MR) is 76.4 cm³/mol. The monoisotopic (exact) mass is 260 g/mol. The summed E-state index contributed by atoms with van der Waals surface area (Å²) >= 11 is 1.60. The van der Waals surface area contributed by atoms with E-state index in [1.54, 1.807) is 11.3 Å². The highest BCUT2D eigenvalue weighted by Crippen LogP contribution is 2.19. The summed E-state index contributed by atoms with van der Waals surface area (Å²) in [5.74, 6) is 0.112. The summed E-state index contributed by atoms with van der Waals surface area (Å²) in [5.41, 5.74) is 11.3. The molecule has 0 atom stereocenters. The Morgan fingerprint density at radius 2 is 2.28 bits per heavy atom. The van der Waals surface area contributed by atoms with Crippen molar-refractivity contribution < 1.29 is 0 Å². The van der Waals surface area contributed by atoms with Gasteiger partial charge < -0.3 is 10.6 Å². The number of aromatic nitrogens is 1. The Labute approximate surface area is 111 Å². The first-order valence-corrected chi connectivity index (χ1v) is 6.55. The van der Waals surface area contributed by atoms with Crippen LogP contribution in [0, 0.1) is 12.3 Å². The number of benzene rings is 1. The van der Waals surface area contributed by atoms with Crippen LogP contribution in [0.3, 0.4) is 0 Å². The molecule has 4 nitrogen and oxygen atoms in total. The lowest BCUT2D eigenvalue weighted by Gasteiger charge is -2.19. The van der Waals surface area contributed by atoms with E-state index in [-0.39, 0.29) is 5.84 Å². The quantitative estimate of drug-likeness (QED) is 0.655. The molecule has 0 fully saturated rings. The van der Waals surface area contributed by atoms with Gasteiger partial charge in [-0.25, -0.2) is 4.98 Å². The number of thiazole rings is 1. The van der Waals surface area contributed by atoms with E-state index < -0.39 is 0 Å². The van der Waals surface area contributed by atoms with E-state index in [9.17, 15) is 0 Å². The van der Waals surface area contributed by atoms with Gasteiger partial charge in [-0.05, 0) is 30.7 Å². The van der Waals surface area contributed by atoms with Crippen molar-refractivity contribution in [3.05, 3.63) is 45.9 Å². The summed E-state index contributed by atoms with van der Waals surface area (Å²) in [7, 11) is 2.03. The van der Waals surface area contributed by atoms with E-state index in [4.69, 9.17) is 11.1 Å². The van der Waals surface area contributed by atoms with Crippen LogP contribution in [-0.2, 0) is 6.54 Å². The largest absolute Gasteiger partial charge is 0.384 e. The lowest BCUT2D eigenvalue weighted by atomic mass is 10.1. The highest BCUT2D eigenvalue weighted by atomic mass is 32.1. The minimum atomic E-state index is 0.112. The Kier molecular flexibility index (Phi) is 3.62. The highest BCUT2D eigenvalue weighted by Gasteiger charge is 2.07. The summed E-state index contributed by atoms with van der Waals surface area (Å²) in [6.07, 6.45) is 0. The maximum Gasteiger partial charge on any atom is 0.123 e. The summed E-state index contributed by atoms with van der Waals surface area (Å²) < 4.78 is 0. The van der Waals surface area contributed by atoms with Crippen LogP contribution in [0.25, 0.3) is 0 Å². The van der Waals surface area contributed by atoms with E-state index in [2.05, 4.69) is 9.88 Å². The number of hydrogen-bond acceptors (Lipinski definition) is 4. The molecule has 1 heterocycles. The second-order valence-electron chi connectivity index (χ2n) is 4.25. The van der Waals surface area contributed by atoms with Gasteiger partial charge in [-0.2, -0.15) is 0 Å². The Balaban J connectivity index is 2.18. The molecule has 18 heavy (non-hydrogen) atoms. The average Bonchev–Trinajstić information content (AvgIpc) is 2.81. The fourth-order valence-electron chi connectivity index (χ4n) is 1.84. The summed E-state index contributed by atoms with van der Waals surface area (Å²) in [4.78, 5) is 6.40. The molecule has 0 aliphatic rings. The standard InChI is InChI=1S/C13H16N4S/c1-9-5-11(3-4-12(9)13(14)15)17(2)6-10-7-18-8-16-10/h3-5,7-8H,6H2,1-2H3,(H3,14,15). The molecule has 0 aliphatic heterocycles. The van der Waals surface area contributed by atoms with Crippen LogP contribution < -0.4 is 10.6 Å². The smallest absolute Gasteiger partial charge is 0.123 e. The van der Waals surface area contributed by atoms with Crippen LogP contribution in [0.4, 0.5) is 5.69 Å². The number of nitrogen functional groups attached to an aromatic ring is 1. The van der Waals surface area contributed by atoms with Gasteiger partial charge in [-0.1, -0.05) is 0 Å². The van der Waals surface area contributed by atoms with Gasteiger partial charge in [0.25, 0.3) is 0 Å². The molecule has 0 radical (unpaired) electrons. The van der Waals surface area contributed by atoms with Gasteiger partial charge in [0.15, 0.2) is 0 Å². The van der Waals surface area contributed by atoms with E-state index >= 15 is 0 Å². The predicted octanol–water partition coefficient (Wildman–Crippen LogP) is 2.37. The Morgan fingerprint density at radius 1 is 1.50 bits per heavy atom. The van der Waals surface area contributed by atoms with Gasteiger partial charge in [-0.3, -0.25) is 5.41 Å². The molecular formula is C13H16N4S. The fourth-order valence-corrected chi connectivity index (χ4v) is 2.39. The minimum absolute atomic E-state index is 0.112. The van der Waals surface area contributed by atoms with Crippen molar-refractivity contribution in [2.75, 3.05) is 11.9 Å². The number of aryl methyl sites for hydroxylation is 1. The summed E-state index contributed by atoms with van der Waals surface area (Å²) in [6, 6.07) is 5.92. The molecule has 94 valence electrons. The average molecular weight is 260 g/mol. The Hall–Kier alpha value is -1.88. The first kappa shape index (κ1) is 12.6.